The Morgan fingerprint density at radius 2 is 1.39 bits per heavy atom. The molecule has 6 heteroatoms. The standard InChI is InChI=1S/C22H14FN3O2/c1-28-22(27)15-4-2-13(3-5-15)17-10-18(14-6-8-16(23)9-7-14)20(12-25)21(26)19(17)11-24/h2-10H,26H2,1H3. The van der Waals surface area contributed by atoms with E-state index in [1.165, 1.54) is 19.2 Å². The maximum atomic E-state index is 13.3. The van der Waals surface area contributed by atoms with Crippen molar-refractivity contribution in [2.24, 2.45) is 0 Å². The monoisotopic (exact) mass is 371 g/mol. The molecule has 0 saturated heterocycles. The van der Waals surface area contributed by atoms with Crippen LogP contribution in [-0.4, -0.2) is 13.1 Å². The molecule has 0 radical (unpaired) electrons. The maximum Gasteiger partial charge on any atom is 0.337 e. The van der Waals surface area contributed by atoms with E-state index in [2.05, 4.69) is 4.74 Å². The molecule has 0 saturated carbocycles. The molecule has 0 aromatic heterocycles. The summed E-state index contributed by atoms with van der Waals surface area (Å²) in [4.78, 5) is 11.6. The van der Waals surface area contributed by atoms with Crippen LogP contribution in [0.25, 0.3) is 22.3 Å². The summed E-state index contributed by atoms with van der Waals surface area (Å²) in [6.45, 7) is 0. The summed E-state index contributed by atoms with van der Waals surface area (Å²) >= 11 is 0. The minimum atomic E-state index is -0.474. The molecule has 0 aliphatic rings. The highest BCUT2D eigenvalue weighted by Crippen LogP contribution is 2.37. The molecule has 0 unspecified atom stereocenters. The number of nitrogens with zero attached hydrogens (tertiary/aromatic N) is 2. The fraction of sp³-hybridized carbons (Fsp3) is 0.0455. The summed E-state index contributed by atoms with van der Waals surface area (Å²) in [6.07, 6.45) is 0. The lowest BCUT2D eigenvalue weighted by atomic mass is 9.89. The van der Waals surface area contributed by atoms with Crippen LogP contribution in [0.3, 0.4) is 0 Å². The number of carbonyl (C=O) groups is 1. The zero-order valence-electron chi connectivity index (χ0n) is 14.9. The number of nitrogens with two attached hydrogens (primary N) is 1. The van der Waals surface area contributed by atoms with Gasteiger partial charge in [-0.3, -0.25) is 0 Å². The SMILES string of the molecule is COC(=O)c1ccc(-c2cc(-c3ccc(F)cc3)c(C#N)c(N)c2C#N)cc1. The van der Waals surface area contributed by atoms with Crippen LogP contribution in [0.5, 0.6) is 0 Å². The molecule has 0 bridgehead atoms. The van der Waals surface area contributed by atoms with Crippen molar-refractivity contribution in [2.75, 3.05) is 12.8 Å². The third kappa shape index (κ3) is 3.27. The summed E-state index contributed by atoms with van der Waals surface area (Å²) in [5.41, 5.74) is 9.09. The Labute approximate surface area is 161 Å². The Hall–Kier alpha value is -4.16. The van der Waals surface area contributed by atoms with Crippen LogP contribution in [0, 0.1) is 28.5 Å². The molecular weight excluding hydrogens is 357 g/mol. The van der Waals surface area contributed by atoms with Gasteiger partial charge in [0, 0.05) is 11.1 Å². The number of anilines is 1. The lowest BCUT2D eigenvalue weighted by Gasteiger charge is -2.14. The van der Waals surface area contributed by atoms with E-state index in [0.29, 0.717) is 27.8 Å². The molecule has 0 amide bonds. The Morgan fingerprint density at radius 1 is 0.929 bits per heavy atom. The van der Waals surface area contributed by atoms with E-state index in [1.807, 2.05) is 12.1 Å². The predicted molar refractivity (Wildman–Crippen MR) is 102 cm³/mol. The van der Waals surface area contributed by atoms with Crippen molar-refractivity contribution >= 4 is 11.7 Å². The van der Waals surface area contributed by atoms with Crippen LogP contribution in [-0.2, 0) is 4.74 Å². The molecule has 0 spiro atoms. The van der Waals surface area contributed by atoms with E-state index in [-0.39, 0.29) is 16.8 Å². The van der Waals surface area contributed by atoms with Crippen molar-refractivity contribution in [3.63, 3.8) is 0 Å². The van der Waals surface area contributed by atoms with Gasteiger partial charge in [0.25, 0.3) is 0 Å². The molecule has 3 rings (SSSR count). The molecular formula is C22H14FN3O2. The number of rotatable bonds is 3. The number of nitriles is 2. The molecule has 136 valence electrons. The Kier molecular flexibility index (Phi) is 5.06. The van der Waals surface area contributed by atoms with E-state index in [9.17, 15) is 19.7 Å². The number of ether oxygens (including phenoxy) is 1. The predicted octanol–water partition coefficient (Wildman–Crippen LogP) is 4.27. The summed E-state index contributed by atoms with van der Waals surface area (Å²) in [6, 6.07) is 17.9. The van der Waals surface area contributed by atoms with Crippen LogP contribution in [0.2, 0.25) is 0 Å². The second kappa shape index (κ2) is 7.61. The lowest BCUT2D eigenvalue weighted by Crippen LogP contribution is -2.02. The van der Waals surface area contributed by atoms with Gasteiger partial charge >= 0.3 is 5.97 Å². The second-order valence-corrected chi connectivity index (χ2v) is 5.93. The van der Waals surface area contributed by atoms with Crippen molar-refractivity contribution in [2.45, 2.75) is 0 Å². The first-order chi connectivity index (χ1) is 13.5. The topological polar surface area (TPSA) is 99.9 Å². The molecule has 0 aliphatic heterocycles. The molecule has 3 aromatic rings. The van der Waals surface area contributed by atoms with Gasteiger partial charge in [-0.1, -0.05) is 24.3 Å². The number of benzene rings is 3. The van der Waals surface area contributed by atoms with Crippen LogP contribution in [0.4, 0.5) is 10.1 Å². The minimum Gasteiger partial charge on any atom is -0.465 e. The highest BCUT2D eigenvalue weighted by atomic mass is 19.1. The number of methoxy groups -OCH3 is 1. The first kappa shape index (κ1) is 18.6. The maximum absolute atomic E-state index is 13.3. The van der Waals surface area contributed by atoms with Gasteiger partial charge in [0.15, 0.2) is 0 Å². The molecule has 0 fully saturated rings. The largest absolute Gasteiger partial charge is 0.465 e. The fourth-order valence-corrected chi connectivity index (χ4v) is 2.93. The average Bonchev–Trinajstić information content (AvgIpc) is 2.73. The van der Waals surface area contributed by atoms with Gasteiger partial charge in [-0.05, 0) is 41.5 Å². The highest BCUT2D eigenvalue weighted by molar-refractivity contribution is 5.92. The minimum absolute atomic E-state index is 0.0545. The summed E-state index contributed by atoms with van der Waals surface area (Å²) < 4.78 is 18.0. The van der Waals surface area contributed by atoms with Crippen molar-refractivity contribution in [3.05, 3.63) is 77.1 Å². The summed E-state index contributed by atoms with van der Waals surface area (Å²) in [5.74, 6) is -0.874. The third-order valence-corrected chi connectivity index (χ3v) is 4.36. The zero-order valence-corrected chi connectivity index (χ0v) is 14.9. The number of halogens is 1. The number of nitrogen functional groups attached to an aromatic ring is 1. The van der Waals surface area contributed by atoms with Gasteiger partial charge in [0.1, 0.15) is 18.0 Å². The Bertz CT molecular complexity index is 1140. The van der Waals surface area contributed by atoms with Crippen LogP contribution < -0.4 is 5.73 Å². The van der Waals surface area contributed by atoms with Gasteiger partial charge in [-0.15, -0.1) is 0 Å². The van der Waals surface area contributed by atoms with E-state index >= 15 is 0 Å². The molecule has 0 heterocycles. The van der Waals surface area contributed by atoms with Crippen molar-refractivity contribution in [1.29, 1.82) is 10.5 Å². The van der Waals surface area contributed by atoms with E-state index in [1.54, 1.807) is 42.5 Å². The van der Waals surface area contributed by atoms with Crippen LogP contribution >= 0.6 is 0 Å². The van der Waals surface area contributed by atoms with Crippen LogP contribution in [0.15, 0.2) is 54.6 Å². The first-order valence-corrected chi connectivity index (χ1v) is 8.21. The van der Waals surface area contributed by atoms with Gasteiger partial charge in [0.2, 0.25) is 0 Å². The van der Waals surface area contributed by atoms with Gasteiger partial charge < -0.3 is 10.5 Å². The highest BCUT2D eigenvalue weighted by Gasteiger charge is 2.18. The number of esters is 1. The number of hydrogen-bond acceptors (Lipinski definition) is 5. The molecule has 28 heavy (non-hydrogen) atoms. The zero-order chi connectivity index (χ0) is 20.3. The second-order valence-electron chi connectivity index (χ2n) is 5.93. The Morgan fingerprint density at radius 3 is 1.82 bits per heavy atom. The number of carbonyl (C=O) groups excluding carboxylic acids is 1. The smallest absolute Gasteiger partial charge is 0.337 e. The molecule has 2 N–H and O–H groups in total. The molecule has 5 nitrogen and oxygen atoms in total. The van der Waals surface area contributed by atoms with Crippen LogP contribution in [0.1, 0.15) is 21.5 Å². The summed E-state index contributed by atoms with van der Waals surface area (Å²) in [7, 11) is 1.29. The molecule has 3 aromatic carbocycles. The van der Waals surface area contributed by atoms with E-state index < -0.39 is 11.8 Å². The molecule has 0 aliphatic carbocycles. The normalized spacial score (nSPS) is 10.0. The van der Waals surface area contributed by atoms with Gasteiger partial charge in [0.05, 0.1) is 29.5 Å². The first-order valence-electron chi connectivity index (χ1n) is 8.21. The van der Waals surface area contributed by atoms with Gasteiger partial charge in [-0.25, -0.2) is 9.18 Å². The van der Waals surface area contributed by atoms with Crippen molar-refractivity contribution in [3.8, 4) is 34.4 Å². The average molecular weight is 371 g/mol. The lowest BCUT2D eigenvalue weighted by molar-refractivity contribution is 0.0601. The molecule has 0 atom stereocenters. The van der Waals surface area contributed by atoms with Crippen molar-refractivity contribution in [1.82, 2.24) is 0 Å². The summed E-state index contributed by atoms with van der Waals surface area (Å²) in [5, 5.41) is 19.2. The van der Waals surface area contributed by atoms with E-state index in [0.717, 1.165) is 0 Å². The fourth-order valence-electron chi connectivity index (χ4n) is 2.93. The Balaban J connectivity index is 2.24. The number of hydrogen-bond donors (Lipinski definition) is 1. The van der Waals surface area contributed by atoms with E-state index in [4.69, 9.17) is 5.73 Å². The van der Waals surface area contributed by atoms with Crippen molar-refractivity contribution < 1.29 is 13.9 Å². The van der Waals surface area contributed by atoms with Gasteiger partial charge in [-0.2, -0.15) is 10.5 Å². The third-order valence-electron chi connectivity index (χ3n) is 4.36. The quantitative estimate of drug-likeness (QED) is 0.547.